The molecule has 2 aliphatic heterocycles. The summed E-state index contributed by atoms with van der Waals surface area (Å²) in [5.41, 5.74) is 1.33. The standard InChI is InChI=1S/C15H21NO2/c1-16-8-4-5-12(16)9-11-10-18-15-13(11)6-3-7-14(15)17-2/h3,6-7,11-12H,4-5,8-10H2,1-2H3/t11?,12-/m1/s1. The molecule has 1 fully saturated rings. The van der Waals surface area contributed by atoms with Crippen molar-refractivity contribution < 1.29 is 9.47 Å². The Balaban J connectivity index is 1.78. The van der Waals surface area contributed by atoms with Gasteiger partial charge in [-0.15, -0.1) is 0 Å². The lowest BCUT2D eigenvalue weighted by atomic mass is 9.93. The molecule has 2 heterocycles. The molecule has 3 nitrogen and oxygen atoms in total. The van der Waals surface area contributed by atoms with Crippen LogP contribution in [-0.2, 0) is 0 Å². The second-order valence-electron chi connectivity index (χ2n) is 5.40. The number of likely N-dealkylation sites (tertiary alicyclic amines) is 1. The van der Waals surface area contributed by atoms with Crippen LogP contribution >= 0.6 is 0 Å². The number of rotatable bonds is 3. The number of fused-ring (bicyclic) bond motifs is 1. The summed E-state index contributed by atoms with van der Waals surface area (Å²) in [6.45, 7) is 2.04. The van der Waals surface area contributed by atoms with E-state index >= 15 is 0 Å². The number of para-hydroxylation sites is 1. The summed E-state index contributed by atoms with van der Waals surface area (Å²) in [6.07, 6.45) is 3.86. The average Bonchev–Trinajstić information content (AvgIpc) is 2.97. The molecule has 0 saturated carbocycles. The van der Waals surface area contributed by atoms with Gasteiger partial charge in [0.2, 0.25) is 0 Å². The third-order valence-electron chi connectivity index (χ3n) is 4.33. The van der Waals surface area contributed by atoms with Gasteiger partial charge in [-0.25, -0.2) is 0 Å². The average molecular weight is 247 g/mol. The molecule has 1 saturated heterocycles. The smallest absolute Gasteiger partial charge is 0.164 e. The van der Waals surface area contributed by atoms with E-state index in [0.29, 0.717) is 5.92 Å². The Bertz CT molecular complexity index is 433. The lowest BCUT2D eigenvalue weighted by Crippen LogP contribution is -2.27. The Kier molecular flexibility index (Phi) is 3.16. The molecule has 2 atom stereocenters. The second-order valence-corrected chi connectivity index (χ2v) is 5.40. The maximum Gasteiger partial charge on any atom is 0.164 e. The number of methoxy groups -OCH3 is 1. The second kappa shape index (κ2) is 4.81. The molecular formula is C15H21NO2. The highest BCUT2D eigenvalue weighted by atomic mass is 16.5. The first-order valence-electron chi connectivity index (χ1n) is 6.79. The van der Waals surface area contributed by atoms with E-state index in [4.69, 9.17) is 9.47 Å². The highest BCUT2D eigenvalue weighted by molar-refractivity contribution is 5.50. The molecule has 0 spiro atoms. The monoisotopic (exact) mass is 247 g/mol. The van der Waals surface area contributed by atoms with Gasteiger partial charge in [0, 0.05) is 17.5 Å². The topological polar surface area (TPSA) is 21.7 Å². The van der Waals surface area contributed by atoms with E-state index in [0.717, 1.165) is 24.1 Å². The van der Waals surface area contributed by atoms with Crippen molar-refractivity contribution >= 4 is 0 Å². The van der Waals surface area contributed by atoms with Crippen molar-refractivity contribution in [1.29, 1.82) is 0 Å². The van der Waals surface area contributed by atoms with Crippen LogP contribution in [-0.4, -0.2) is 38.3 Å². The summed E-state index contributed by atoms with van der Waals surface area (Å²) < 4.78 is 11.2. The van der Waals surface area contributed by atoms with Gasteiger partial charge in [-0.2, -0.15) is 0 Å². The lowest BCUT2D eigenvalue weighted by Gasteiger charge is -2.22. The Morgan fingerprint density at radius 2 is 2.33 bits per heavy atom. The third-order valence-corrected chi connectivity index (χ3v) is 4.33. The third kappa shape index (κ3) is 1.97. The summed E-state index contributed by atoms with van der Waals surface area (Å²) in [4.78, 5) is 2.48. The molecule has 3 rings (SSSR count). The van der Waals surface area contributed by atoms with Gasteiger partial charge >= 0.3 is 0 Å². The zero-order chi connectivity index (χ0) is 12.5. The van der Waals surface area contributed by atoms with Crippen LogP contribution in [0.2, 0.25) is 0 Å². The van der Waals surface area contributed by atoms with Crippen LogP contribution in [0.3, 0.4) is 0 Å². The van der Waals surface area contributed by atoms with Gasteiger partial charge < -0.3 is 14.4 Å². The van der Waals surface area contributed by atoms with E-state index in [9.17, 15) is 0 Å². The fourth-order valence-electron chi connectivity index (χ4n) is 3.24. The molecule has 98 valence electrons. The highest BCUT2D eigenvalue weighted by Gasteiger charge is 2.31. The number of benzene rings is 1. The zero-order valence-corrected chi connectivity index (χ0v) is 11.2. The fraction of sp³-hybridized carbons (Fsp3) is 0.600. The first-order valence-corrected chi connectivity index (χ1v) is 6.79. The molecule has 0 N–H and O–H groups in total. The van der Waals surface area contributed by atoms with E-state index in [-0.39, 0.29) is 0 Å². The SMILES string of the molecule is COc1cccc2c1OCC2C[C@H]1CCCN1C. The first-order chi connectivity index (χ1) is 8.79. The molecule has 0 aromatic heterocycles. The molecule has 1 aromatic carbocycles. The Labute approximate surface area is 109 Å². The minimum Gasteiger partial charge on any atom is -0.493 e. The maximum absolute atomic E-state index is 5.84. The summed E-state index contributed by atoms with van der Waals surface area (Å²) in [5, 5.41) is 0. The lowest BCUT2D eigenvalue weighted by molar-refractivity contribution is 0.254. The van der Waals surface area contributed by atoms with Crippen LogP contribution in [0.15, 0.2) is 18.2 Å². The highest BCUT2D eigenvalue weighted by Crippen LogP contribution is 2.43. The van der Waals surface area contributed by atoms with Gasteiger partial charge in [0.05, 0.1) is 13.7 Å². The largest absolute Gasteiger partial charge is 0.493 e. The van der Waals surface area contributed by atoms with Crippen molar-refractivity contribution in [2.45, 2.75) is 31.2 Å². The van der Waals surface area contributed by atoms with Gasteiger partial charge in [0.25, 0.3) is 0 Å². The van der Waals surface area contributed by atoms with Crippen LogP contribution < -0.4 is 9.47 Å². The number of nitrogens with zero attached hydrogens (tertiary/aromatic N) is 1. The summed E-state index contributed by atoms with van der Waals surface area (Å²) >= 11 is 0. The van der Waals surface area contributed by atoms with Crippen LogP contribution in [0.1, 0.15) is 30.7 Å². The number of ether oxygens (including phenoxy) is 2. The maximum atomic E-state index is 5.84. The number of hydrogen-bond donors (Lipinski definition) is 0. The van der Waals surface area contributed by atoms with Crippen LogP contribution in [0.4, 0.5) is 0 Å². The molecule has 1 aromatic rings. The first kappa shape index (κ1) is 11.8. The molecule has 2 aliphatic rings. The molecule has 1 unspecified atom stereocenters. The van der Waals surface area contributed by atoms with E-state index in [2.05, 4.69) is 24.1 Å². The summed E-state index contributed by atoms with van der Waals surface area (Å²) in [7, 11) is 3.94. The fourth-order valence-corrected chi connectivity index (χ4v) is 3.24. The molecule has 0 bridgehead atoms. The molecular weight excluding hydrogens is 226 g/mol. The van der Waals surface area contributed by atoms with Gasteiger partial charge in [-0.1, -0.05) is 12.1 Å². The van der Waals surface area contributed by atoms with Crippen LogP contribution in [0.25, 0.3) is 0 Å². The molecule has 3 heteroatoms. The summed E-state index contributed by atoms with van der Waals surface area (Å²) in [5.74, 6) is 2.36. The Morgan fingerprint density at radius 1 is 1.44 bits per heavy atom. The van der Waals surface area contributed by atoms with E-state index in [1.807, 2.05) is 6.07 Å². The predicted octanol–water partition coefficient (Wildman–Crippen LogP) is 2.66. The van der Waals surface area contributed by atoms with Crippen LogP contribution in [0.5, 0.6) is 11.5 Å². The van der Waals surface area contributed by atoms with Crippen molar-refractivity contribution in [3.63, 3.8) is 0 Å². The Hall–Kier alpha value is -1.22. The van der Waals surface area contributed by atoms with Crippen molar-refractivity contribution in [1.82, 2.24) is 4.90 Å². The van der Waals surface area contributed by atoms with Crippen molar-refractivity contribution in [2.75, 3.05) is 27.3 Å². The van der Waals surface area contributed by atoms with Crippen molar-refractivity contribution in [3.8, 4) is 11.5 Å². The Morgan fingerprint density at radius 3 is 3.06 bits per heavy atom. The summed E-state index contributed by atoms with van der Waals surface area (Å²) in [6, 6.07) is 6.95. The van der Waals surface area contributed by atoms with Gasteiger partial charge in [0.1, 0.15) is 0 Å². The molecule has 0 amide bonds. The number of hydrogen-bond acceptors (Lipinski definition) is 3. The quantitative estimate of drug-likeness (QED) is 0.819. The zero-order valence-electron chi connectivity index (χ0n) is 11.2. The van der Waals surface area contributed by atoms with E-state index in [1.165, 1.54) is 31.4 Å². The molecule has 0 aliphatic carbocycles. The van der Waals surface area contributed by atoms with Crippen molar-refractivity contribution in [2.24, 2.45) is 0 Å². The molecule has 0 radical (unpaired) electrons. The van der Waals surface area contributed by atoms with Gasteiger partial charge in [-0.3, -0.25) is 0 Å². The van der Waals surface area contributed by atoms with Gasteiger partial charge in [-0.05, 0) is 38.9 Å². The predicted molar refractivity (Wildman–Crippen MR) is 71.5 cm³/mol. The minimum atomic E-state index is 0.528. The normalized spacial score (nSPS) is 27.0. The van der Waals surface area contributed by atoms with Crippen molar-refractivity contribution in [3.05, 3.63) is 23.8 Å². The van der Waals surface area contributed by atoms with Crippen LogP contribution in [0, 0.1) is 0 Å². The minimum absolute atomic E-state index is 0.528. The van der Waals surface area contributed by atoms with E-state index in [1.54, 1.807) is 7.11 Å². The van der Waals surface area contributed by atoms with Gasteiger partial charge in [0.15, 0.2) is 11.5 Å². The van der Waals surface area contributed by atoms with E-state index < -0.39 is 0 Å². The molecule has 18 heavy (non-hydrogen) atoms.